The van der Waals surface area contributed by atoms with Gasteiger partial charge in [-0.25, -0.2) is 0 Å². The van der Waals surface area contributed by atoms with Crippen molar-refractivity contribution in [2.45, 2.75) is 52.5 Å². The molecule has 0 bridgehead atoms. The Hall–Kier alpha value is -0.0800. The molecule has 0 saturated heterocycles. The smallest absolute Gasteiger partial charge is 0.0159 e. The Morgan fingerprint density at radius 1 is 1.18 bits per heavy atom. The normalized spacial score (nSPS) is 32.3. The van der Waals surface area contributed by atoms with Crippen LogP contribution in [0.2, 0.25) is 0 Å². The van der Waals surface area contributed by atoms with Crippen molar-refractivity contribution in [1.29, 1.82) is 0 Å². The van der Waals surface area contributed by atoms with Gasteiger partial charge in [-0.2, -0.15) is 0 Å². The van der Waals surface area contributed by atoms with Gasteiger partial charge < -0.3 is 10.2 Å². The molecule has 2 rings (SSSR count). The molecule has 100 valence electrons. The van der Waals surface area contributed by atoms with Crippen molar-refractivity contribution in [3.8, 4) is 0 Å². The molecule has 0 aromatic carbocycles. The van der Waals surface area contributed by atoms with Crippen molar-refractivity contribution >= 4 is 0 Å². The predicted molar refractivity (Wildman–Crippen MR) is 74.2 cm³/mol. The minimum atomic E-state index is 0.487. The Balaban J connectivity index is 1.85. The zero-order valence-electron chi connectivity index (χ0n) is 12.1. The van der Waals surface area contributed by atoms with Crippen LogP contribution in [-0.2, 0) is 0 Å². The molecule has 0 heterocycles. The Morgan fingerprint density at radius 3 is 2.47 bits per heavy atom. The zero-order chi connectivity index (χ0) is 12.5. The SMILES string of the molecule is CCNC1C(CN(C)CC2CC2)CCC1(C)C. The van der Waals surface area contributed by atoms with E-state index in [1.54, 1.807) is 0 Å². The largest absolute Gasteiger partial charge is 0.313 e. The quantitative estimate of drug-likeness (QED) is 0.765. The molecule has 2 atom stereocenters. The van der Waals surface area contributed by atoms with Crippen LogP contribution >= 0.6 is 0 Å². The van der Waals surface area contributed by atoms with Crippen LogP contribution in [-0.4, -0.2) is 37.6 Å². The Labute approximate surface area is 107 Å². The molecule has 0 spiro atoms. The van der Waals surface area contributed by atoms with Gasteiger partial charge in [0.1, 0.15) is 0 Å². The molecule has 2 fully saturated rings. The summed E-state index contributed by atoms with van der Waals surface area (Å²) in [5.41, 5.74) is 0.487. The molecule has 0 aromatic rings. The number of hydrogen-bond acceptors (Lipinski definition) is 2. The van der Waals surface area contributed by atoms with E-state index in [2.05, 4.69) is 38.0 Å². The lowest BCUT2D eigenvalue weighted by Crippen LogP contribution is -2.45. The van der Waals surface area contributed by atoms with Gasteiger partial charge in [0.25, 0.3) is 0 Å². The second kappa shape index (κ2) is 5.27. The van der Waals surface area contributed by atoms with Gasteiger partial charge in [-0.05, 0) is 56.5 Å². The van der Waals surface area contributed by atoms with Gasteiger partial charge in [-0.1, -0.05) is 20.8 Å². The van der Waals surface area contributed by atoms with Gasteiger partial charge in [0.05, 0.1) is 0 Å². The molecular formula is C15H30N2. The maximum Gasteiger partial charge on any atom is 0.0159 e. The van der Waals surface area contributed by atoms with Gasteiger partial charge >= 0.3 is 0 Å². The summed E-state index contributed by atoms with van der Waals surface area (Å²) < 4.78 is 0. The first kappa shape index (κ1) is 13.4. The van der Waals surface area contributed by atoms with E-state index in [4.69, 9.17) is 0 Å². The molecular weight excluding hydrogens is 208 g/mol. The molecule has 0 radical (unpaired) electrons. The number of nitrogens with zero attached hydrogens (tertiary/aromatic N) is 1. The van der Waals surface area contributed by atoms with Crippen molar-refractivity contribution < 1.29 is 0 Å². The van der Waals surface area contributed by atoms with E-state index in [0.29, 0.717) is 11.5 Å². The highest BCUT2D eigenvalue weighted by Crippen LogP contribution is 2.41. The summed E-state index contributed by atoms with van der Waals surface area (Å²) in [6.07, 6.45) is 5.72. The number of hydrogen-bond donors (Lipinski definition) is 1. The highest BCUT2D eigenvalue weighted by molar-refractivity contribution is 4.97. The highest BCUT2D eigenvalue weighted by atomic mass is 15.1. The van der Waals surface area contributed by atoms with Crippen molar-refractivity contribution in [1.82, 2.24) is 10.2 Å². The number of nitrogens with one attached hydrogen (secondary N) is 1. The monoisotopic (exact) mass is 238 g/mol. The minimum Gasteiger partial charge on any atom is -0.313 e. The Bertz CT molecular complexity index is 245. The van der Waals surface area contributed by atoms with Gasteiger partial charge in [-0.15, -0.1) is 0 Å². The fraction of sp³-hybridized carbons (Fsp3) is 1.00. The lowest BCUT2D eigenvalue weighted by atomic mass is 9.84. The fourth-order valence-corrected chi connectivity index (χ4v) is 3.59. The van der Waals surface area contributed by atoms with Crippen LogP contribution in [0.4, 0.5) is 0 Å². The molecule has 2 unspecified atom stereocenters. The van der Waals surface area contributed by atoms with E-state index in [0.717, 1.165) is 18.4 Å². The van der Waals surface area contributed by atoms with Gasteiger partial charge in [0.15, 0.2) is 0 Å². The standard InChI is InChI=1S/C15H30N2/c1-5-16-14-13(8-9-15(14,2)3)11-17(4)10-12-6-7-12/h12-14,16H,5-11H2,1-4H3. The van der Waals surface area contributed by atoms with Crippen molar-refractivity contribution in [3.05, 3.63) is 0 Å². The van der Waals surface area contributed by atoms with E-state index < -0.39 is 0 Å². The van der Waals surface area contributed by atoms with Crippen molar-refractivity contribution in [2.24, 2.45) is 17.3 Å². The van der Waals surface area contributed by atoms with Crippen LogP contribution in [0.1, 0.15) is 46.5 Å². The minimum absolute atomic E-state index is 0.487. The Kier molecular flexibility index (Phi) is 4.14. The van der Waals surface area contributed by atoms with E-state index >= 15 is 0 Å². The molecule has 0 aliphatic heterocycles. The maximum absolute atomic E-state index is 3.73. The lowest BCUT2D eigenvalue weighted by Gasteiger charge is -2.33. The second-order valence-electron chi connectivity index (χ2n) is 6.99. The first-order valence-corrected chi connectivity index (χ1v) is 7.45. The summed E-state index contributed by atoms with van der Waals surface area (Å²) in [5.74, 6) is 1.88. The van der Waals surface area contributed by atoms with Gasteiger partial charge in [0.2, 0.25) is 0 Å². The molecule has 1 N–H and O–H groups in total. The lowest BCUT2D eigenvalue weighted by molar-refractivity contribution is 0.202. The van der Waals surface area contributed by atoms with E-state index in [9.17, 15) is 0 Å². The highest BCUT2D eigenvalue weighted by Gasteiger charge is 2.41. The predicted octanol–water partition coefficient (Wildman–Crippen LogP) is 2.74. The fourth-order valence-electron chi connectivity index (χ4n) is 3.59. The first-order chi connectivity index (χ1) is 8.03. The third-order valence-electron chi connectivity index (χ3n) is 4.71. The summed E-state index contributed by atoms with van der Waals surface area (Å²) >= 11 is 0. The van der Waals surface area contributed by atoms with Crippen LogP contribution in [0.3, 0.4) is 0 Å². The van der Waals surface area contributed by atoms with E-state index in [1.165, 1.54) is 38.8 Å². The molecule has 2 heteroatoms. The van der Waals surface area contributed by atoms with Gasteiger partial charge in [0, 0.05) is 19.1 Å². The molecule has 17 heavy (non-hydrogen) atoms. The zero-order valence-corrected chi connectivity index (χ0v) is 12.1. The molecule has 2 aliphatic rings. The maximum atomic E-state index is 3.73. The third-order valence-corrected chi connectivity index (χ3v) is 4.71. The third kappa shape index (κ3) is 3.45. The van der Waals surface area contributed by atoms with Crippen LogP contribution in [0, 0.1) is 17.3 Å². The topological polar surface area (TPSA) is 15.3 Å². The van der Waals surface area contributed by atoms with Crippen molar-refractivity contribution in [2.75, 3.05) is 26.7 Å². The average molecular weight is 238 g/mol. The van der Waals surface area contributed by atoms with Gasteiger partial charge in [-0.3, -0.25) is 0 Å². The van der Waals surface area contributed by atoms with Crippen LogP contribution < -0.4 is 5.32 Å². The second-order valence-corrected chi connectivity index (χ2v) is 6.99. The molecule has 2 saturated carbocycles. The summed E-state index contributed by atoms with van der Waals surface area (Å²) in [5, 5.41) is 3.73. The number of rotatable bonds is 6. The summed E-state index contributed by atoms with van der Waals surface area (Å²) in [4.78, 5) is 2.58. The molecule has 0 amide bonds. The van der Waals surface area contributed by atoms with Crippen LogP contribution in [0.15, 0.2) is 0 Å². The van der Waals surface area contributed by atoms with E-state index in [1.807, 2.05) is 0 Å². The molecule has 0 aromatic heterocycles. The van der Waals surface area contributed by atoms with Crippen LogP contribution in [0.25, 0.3) is 0 Å². The molecule has 2 aliphatic carbocycles. The van der Waals surface area contributed by atoms with E-state index in [-0.39, 0.29) is 0 Å². The first-order valence-electron chi connectivity index (χ1n) is 7.45. The van der Waals surface area contributed by atoms with Crippen molar-refractivity contribution in [3.63, 3.8) is 0 Å². The van der Waals surface area contributed by atoms with Crippen LogP contribution in [0.5, 0.6) is 0 Å². The Morgan fingerprint density at radius 2 is 1.88 bits per heavy atom. The summed E-state index contributed by atoms with van der Waals surface area (Å²) in [7, 11) is 2.31. The molecule has 2 nitrogen and oxygen atoms in total. The summed E-state index contributed by atoms with van der Waals surface area (Å²) in [6.45, 7) is 10.8. The summed E-state index contributed by atoms with van der Waals surface area (Å²) in [6, 6.07) is 0.717. The average Bonchev–Trinajstić information content (AvgIpc) is 3.00.